The van der Waals surface area contributed by atoms with Crippen molar-refractivity contribution in [2.75, 3.05) is 7.11 Å². The van der Waals surface area contributed by atoms with Crippen LogP contribution in [0.15, 0.2) is 23.8 Å². The van der Waals surface area contributed by atoms with E-state index in [0.29, 0.717) is 5.57 Å². The molecule has 0 amide bonds. The summed E-state index contributed by atoms with van der Waals surface area (Å²) in [6.45, 7) is 5.86. The van der Waals surface area contributed by atoms with Gasteiger partial charge >= 0.3 is 0 Å². The second-order valence-electron chi connectivity index (χ2n) is 3.69. The highest BCUT2D eigenvalue weighted by atomic mass is 16.5. The van der Waals surface area contributed by atoms with E-state index in [1.807, 2.05) is 39.0 Å². The zero-order chi connectivity index (χ0) is 11.4. The first-order valence-electron chi connectivity index (χ1n) is 4.82. The Morgan fingerprint density at radius 3 is 2.47 bits per heavy atom. The first-order chi connectivity index (χ1) is 7.10. The van der Waals surface area contributed by atoms with Gasteiger partial charge in [0.1, 0.15) is 5.75 Å². The number of allylic oxidation sites excluding steroid dienone is 2. The van der Waals surface area contributed by atoms with Gasteiger partial charge in [0.05, 0.1) is 18.8 Å². The lowest BCUT2D eigenvalue weighted by atomic mass is 10.00. The highest BCUT2D eigenvalue weighted by Gasteiger charge is 2.09. The number of ether oxygens (including phenoxy) is 1. The summed E-state index contributed by atoms with van der Waals surface area (Å²) in [5.74, 6) is 0.748. The molecule has 78 valence electrons. The summed E-state index contributed by atoms with van der Waals surface area (Å²) < 4.78 is 5.25. The van der Waals surface area contributed by atoms with Crippen LogP contribution in [0.2, 0.25) is 0 Å². The van der Waals surface area contributed by atoms with Crippen molar-refractivity contribution in [3.05, 3.63) is 34.9 Å². The lowest BCUT2D eigenvalue weighted by molar-refractivity contribution is 0.413. The highest BCUT2D eigenvalue weighted by Crippen LogP contribution is 2.28. The molecular formula is C13H15NO. The quantitative estimate of drug-likeness (QED) is 0.687. The molecule has 0 radical (unpaired) electrons. The van der Waals surface area contributed by atoms with Gasteiger partial charge in [-0.1, -0.05) is 17.2 Å². The number of nitriles is 1. The van der Waals surface area contributed by atoms with Crippen LogP contribution in [-0.2, 0) is 0 Å². The summed E-state index contributed by atoms with van der Waals surface area (Å²) in [6.07, 6.45) is 0. The van der Waals surface area contributed by atoms with Crippen LogP contribution < -0.4 is 4.74 Å². The molecule has 0 aliphatic rings. The average Bonchev–Trinajstić information content (AvgIpc) is 2.18. The van der Waals surface area contributed by atoms with Gasteiger partial charge in [-0.3, -0.25) is 0 Å². The van der Waals surface area contributed by atoms with Crippen LogP contribution >= 0.6 is 0 Å². The molecule has 2 nitrogen and oxygen atoms in total. The molecule has 0 heterocycles. The van der Waals surface area contributed by atoms with Gasteiger partial charge in [-0.2, -0.15) is 5.26 Å². The van der Waals surface area contributed by atoms with Gasteiger partial charge in [-0.25, -0.2) is 0 Å². The van der Waals surface area contributed by atoms with Crippen LogP contribution in [0.3, 0.4) is 0 Å². The fourth-order valence-electron chi connectivity index (χ4n) is 1.46. The van der Waals surface area contributed by atoms with Crippen LogP contribution in [0.25, 0.3) is 5.57 Å². The van der Waals surface area contributed by atoms with E-state index in [9.17, 15) is 0 Å². The summed E-state index contributed by atoms with van der Waals surface area (Å²) >= 11 is 0. The summed E-state index contributed by atoms with van der Waals surface area (Å²) in [5.41, 5.74) is 3.69. The van der Waals surface area contributed by atoms with Crippen LogP contribution in [0, 0.1) is 18.3 Å². The zero-order valence-corrected chi connectivity index (χ0v) is 9.59. The van der Waals surface area contributed by atoms with Crippen LogP contribution in [0.5, 0.6) is 5.75 Å². The Hall–Kier alpha value is -1.75. The van der Waals surface area contributed by atoms with Crippen LogP contribution in [-0.4, -0.2) is 7.11 Å². The van der Waals surface area contributed by atoms with Gasteiger partial charge in [0.25, 0.3) is 0 Å². The van der Waals surface area contributed by atoms with Gasteiger partial charge in [0.15, 0.2) is 0 Å². The largest absolute Gasteiger partial charge is 0.496 e. The maximum Gasteiger partial charge on any atom is 0.127 e. The van der Waals surface area contributed by atoms with Crippen LogP contribution in [0.4, 0.5) is 0 Å². The van der Waals surface area contributed by atoms with Crippen molar-refractivity contribution in [1.82, 2.24) is 0 Å². The molecule has 0 spiro atoms. The molecule has 0 unspecified atom stereocenters. The number of nitrogens with zero attached hydrogens (tertiary/aromatic N) is 1. The predicted octanol–water partition coefficient (Wildman–Crippen LogP) is 3.32. The maximum atomic E-state index is 9.10. The van der Waals surface area contributed by atoms with Crippen molar-refractivity contribution in [3.63, 3.8) is 0 Å². The molecule has 0 aliphatic heterocycles. The predicted molar refractivity (Wildman–Crippen MR) is 61.6 cm³/mol. The summed E-state index contributed by atoms with van der Waals surface area (Å²) in [4.78, 5) is 0. The Balaban J connectivity index is 3.42. The Kier molecular flexibility index (Phi) is 3.51. The average molecular weight is 201 g/mol. The minimum absolute atomic E-state index is 0.690. The Labute approximate surface area is 90.8 Å². The number of benzene rings is 1. The number of methoxy groups -OCH3 is 1. The standard InChI is InChI=1S/C13H15NO/c1-9(2)12(8-14)11-7-10(3)5-6-13(11)15-4/h5-7H,1-4H3. The molecule has 0 bridgehead atoms. The lowest BCUT2D eigenvalue weighted by Crippen LogP contribution is -1.92. The first kappa shape index (κ1) is 11.3. The summed E-state index contributed by atoms with van der Waals surface area (Å²) in [5, 5.41) is 9.10. The third-order valence-electron chi connectivity index (χ3n) is 2.24. The minimum Gasteiger partial charge on any atom is -0.496 e. The SMILES string of the molecule is COc1ccc(C)cc1C(C#N)=C(C)C. The van der Waals surface area contributed by atoms with E-state index in [2.05, 4.69) is 6.07 Å². The third kappa shape index (κ3) is 2.38. The normalized spacial score (nSPS) is 9.27. The second-order valence-corrected chi connectivity index (χ2v) is 3.69. The molecule has 0 atom stereocenters. The number of aryl methyl sites for hydroxylation is 1. The van der Waals surface area contributed by atoms with Gasteiger partial charge in [0.2, 0.25) is 0 Å². The zero-order valence-electron chi connectivity index (χ0n) is 9.59. The third-order valence-corrected chi connectivity index (χ3v) is 2.24. The molecule has 1 aromatic carbocycles. The Morgan fingerprint density at radius 2 is 2.00 bits per heavy atom. The van der Waals surface area contributed by atoms with E-state index >= 15 is 0 Å². The Bertz CT molecular complexity index is 434. The van der Waals surface area contributed by atoms with Crippen molar-refractivity contribution in [3.8, 4) is 11.8 Å². The number of rotatable bonds is 2. The molecule has 1 aromatic rings. The van der Waals surface area contributed by atoms with Crippen molar-refractivity contribution < 1.29 is 4.74 Å². The monoisotopic (exact) mass is 201 g/mol. The molecule has 0 aliphatic carbocycles. The van der Waals surface area contributed by atoms with E-state index in [1.54, 1.807) is 7.11 Å². The molecule has 1 rings (SSSR count). The second kappa shape index (κ2) is 4.65. The molecular weight excluding hydrogens is 186 g/mol. The fourth-order valence-corrected chi connectivity index (χ4v) is 1.46. The van der Waals surface area contributed by atoms with Crippen molar-refractivity contribution in [1.29, 1.82) is 5.26 Å². The molecule has 0 saturated heterocycles. The molecule has 0 fully saturated rings. The number of hydrogen-bond acceptors (Lipinski definition) is 2. The van der Waals surface area contributed by atoms with Gasteiger partial charge in [-0.15, -0.1) is 0 Å². The maximum absolute atomic E-state index is 9.10. The summed E-state index contributed by atoms with van der Waals surface area (Å²) in [6, 6.07) is 8.06. The van der Waals surface area contributed by atoms with E-state index in [1.165, 1.54) is 0 Å². The van der Waals surface area contributed by atoms with Crippen molar-refractivity contribution in [2.24, 2.45) is 0 Å². The van der Waals surface area contributed by atoms with Gasteiger partial charge < -0.3 is 4.74 Å². The molecule has 0 N–H and O–H groups in total. The van der Waals surface area contributed by atoms with E-state index in [4.69, 9.17) is 10.00 Å². The first-order valence-corrected chi connectivity index (χ1v) is 4.82. The summed E-state index contributed by atoms with van der Waals surface area (Å²) in [7, 11) is 1.62. The molecule has 15 heavy (non-hydrogen) atoms. The van der Waals surface area contributed by atoms with E-state index < -0.39 is 0 Å². The van der Waals surface area contributed by atoms with E-state index in [0.717, 1.165) is 22.4 Å². The minimum atomic E-state index is 0.690. The number of hydrogen-bond donors (Lipinski definition) is 0. The smallest absolute Gasteiger partial charge is 0.127 e. The molecule has 0 saturated carbocycles. The van der Waals surface area contributed by atoms with Gasteiger partial charge in [0, 0.05) is 5.56 Å². The fraction of sp³-hybridized carbons (Fsp3) is 0.308. The van der Waals surface area contributed by atoms with Crippen molar-refractivity contribution in [2.45, 2.75) is 20.8 Å². The lowest BCUT2D eigenvalue weighted by Gasteiger charge is -2.09. The highest BCUT2D eigenvalue weighted by molar-refractivity contribution is 5.82. The van der Waals surface area contributed by atoms with Crippen molar-refractivity contribution >= 4 is 5.57 Å². The topological polar surface area (TPSA) is 33.0 Å². The van der Waals surface area contributed by atoms with E-state index in [-0.39, 0.29) is 0 Å². The molecule has 2 heteroatoms. The Morgan fingerprint density at radius 1 is 1.33 bits per heavy atom. The molecule has 0 aromatic heterocycles. The van der Waals surface area contributed by atoms with Gasteiger partial charge in [-0.05, 0) is 32.9 Å². The van der Waals surface area contributed by atoms with Crippen LogP contribution in [0.1, 0.15) is 25.0 Å².